The summed E-state index contributed by atoms with van der Waals surface area (Å²) in [4.78, 5) is 13.9. The molecule has 96 valence electrons. The quantitative estimate of drug-likeness (QED) is 0.807. The summed E-state index contributed by atoms with van der Waals surface area (Å²) in [6, 6.07) is 1.74. The van der Waals surface area contributed by atoms with Crippen molar-refractivity contribution in [3.05, 3.63) is 35.9 Å². The van der Waals surface area contributed by atoms with E-state index in [1.165, 1.54) is 0 Å². The summed E-state index contributed by atoms with van der Waals surface area (Å²) in [6.07, 6.45) is 5.32. The lowest BCUT2D eigenvalue weighted by Gasteiger charge is -2.16. The van der Waals surface area contributed by atoms with Crippen molar-refractivity contribution in [3.63, 3.8) is 0 Å². The van der Waals surface area contributed by atoms with Gasteiger partial charge in [0.1, 0.15) is 5.69 Å². The molecule has 0 aliphatic carbocycles. The predicted molar refractivity (Wildman–Crippen MR) is 66.9 cm³/mol. The number of aryl methyl sites for hydroxylation is 2. The van der Waals surface area contributed by atoms with Crippen LogP contribution in [0.2, 0.25) is 0 Å². The molecule has 0 unspecified atom stereocenters. The summed E-state index contributed by atoms with van der Waals surface area (Å²) in [6.45, 7) is 3.20. The maximum atomic E-state index is 12.2. The molecule has 0 atom stereocenters. The highest BCUT2D eigenvalue weighted by atomic mass is 16.2. The Morgan fingerprint density at radius 3 is 2.83 bits per heavy atom. The van der Waals surface area contributed by atoms with Gasteiger partial charge in [0.15, 0.2) is 0 Å². The average molecular weight is 247 g/mol. The van der Waals surface area contributed by atoms with E-state index in [2.05, 4.69) is 10.2 Å². The summed E-state index contributed by atoms with van der Waals surface area (Å²) >= 11 is 0. The first kappa shape index (κ1) is 12.3. The molecule has 2 heterocycles. The van der Waals surface area contributed by atoms with Crippen molar-refractivity contribution in [2.75, 3.05) is 7.05 Å². The Morgan fingerprint density at radius 2 is 2.22 bits per heavy atom. The number of rotatable bonds is 4. The molecular formula is C12H17N5O. The van der Waals surface area contributed by atoms with Crippen LogP contribution < -0.4 is 0 Å². The third kappa shape index (κ3) is 2.42. The molecule has 1 amide bonds. The molecular weight excluding hydrogens is 230 g/mol. The number of carbonyl (C=O) groups excluding carboxylic acids is 1. The predicted octanol–water partition coefficient (Wildman–Crippen LogP) is 0.909. The lowest BCUT2D eigenvalue weighted by Crippen LogP contribution is -2.28. The molecule has 2 aromatic rings. The highest BCUT2D eigenvalue weighted by Crippen LogP contribution is 2.07. The van der Waals surface area contributed by atoms with Gasteiger partial charge in [0, 0.05) is 45.1 Å². The molecule has 0 radical (unpaired) electrons. The van der Waals surface area contributed by atoms with Crippen molar-refractivity contribution in [2.45, 2.75) is 20.0 Å². The van der Waals surface area contributed by atoms with Crippen molar-refractivity contribution in [2.24, 2.45) is 7.05 Å². The summed E-state index contributed by atoms with van der Waals surface area (Å²) in [5.41, 5.74) is 1.62. The standard InChI is InChI=1S/C12H17N5O/c1-4-17-11(5-6-13-17)12(18)15(2)8-10-7-14-16(3)9-10/h5-7,9H,4,8H2,1-3H3. The van der Waals surface area contributed by atoms with Crippen LogP contribution in [-0.4, -0.2) is 37.4 Å². The average Bonchev–Trinajstić information content (AvgIpc) is 2.96. The van der Waals surface area contributed by atoms with E-state index in [0.717, 1.165) is 5.56 Å². The second-order valence-corrected chi connectivity index (χ2v) is 4.22. The van der Waals surface area contributed by atoms with E-state index in [1.807, 2.05) is 20.2 Å². The fourth-order valence-corrected chi connectivity index (χ4v) is 1.86. The van der Waals surface area contributed by atoms with Crippen LogP contribution in [0.5, 0.6) is 0 Å². The minimum Gasteiger partial charge on any atom is -0.336 e. The number of aromatic nitrogens is 4. The van der Waals surface area contributed by atoms with Gasteiger partial charge in [0.2, 0.25) is 0 Å². The number of carbonyl (C=O) groups is 1. The molecule has 6 heteroatoms. The molecule has 0 saturated carbocycles. The van der Waals surface area contributed by atoms with Gasteiger partial charge in [0.05, 0.1) is 6.20 Å². The first-order valence-corrected chi connectivity index (χ1v) is 5.86. The molecule has 2 rings (SSSR count). The largest absolute Gasteiger partial charge is 0.336 e. The molecule has 0 spiro atoms. The zero-order chi connectivity index (χ0) is 13.1. The highest BCUT2D eigenvalue weighted by molar-refractivity contribution is 5.92. The van der Waals surface area contributed by atoms with Crippen LogP contribution in [0.3, 0.4) is 0 Å². The second kappa shape index (κ2) is 5.03. The van der Waals surface area contributed by atoms with Gasteiger partial charge >= 0.3 is 0 Å². The zero-order valence-electron chi connectivity index (χ0n) is 10.9. The third-order valence-electron chi connectivity index (χ3n) is 2.76. The summed E-state index contributed by atoms with van der Waals surface area (Å²) < 4.78 is 3.42. The first-order chi connectivity index (χ1) is 8.61. The Kier molecular flexibility index (Phi) is 3.45. The molecule has 0 saturated heterocycles. The number of hydrogen-bond acceptors (Lipinski definition) is 3. The highest BCUT2D eigenvalue weighted by Gasteiger charge is 2.16. The maximum Gasteiger partial charge on any atom is 0.272 e. The Labute approximate surface area is 106 Å². The summed E-state index contributed by atoms with van der Waals surface area (Å²) in [5.74, 6) is -0.0294. The van der Waals surface area contributed by atoms with Crippen LogP contribution in [-0.2, 0) is 20.1 Å². The topological polar surface area (TPSA) is 56.0 Å². The van der Waals surface area contributed by atoms with Gasteiger partial charge in [-0.3, -0.25) is 14.2 Å². The van der Waals surface area contributed by atoms with E-state index in [9.17, 15) is 4.79 Å². The fourth-order valence-electron chi connectivity index (χ4n) is 1.86. The lowest BCUT2D eigenvalue weighted by atomic mass is 10.3. The molecule has 0 aliphatic rings. The van der Waals surface area contributed by atoms with Gasteiger partial charge in [-0.15, -0.1) is 0 Å². The van der Waals surface area contributed by atoms with E-state index >= 15 is 0 Å². The molecule has 0 fully saturated rings. The Morgan fingerprint density at radius 1 is 1.44 bits per heavy atom. The van der Waals surface area contributed by atoms with Crippen LogP contribution in [0.1, 0.15) is 23.0 Å². The van der Waals surface area contributed by atoms with Gasteiger partial charge in [-0.25, -0.2) is 0 Å². The molecule has 0 aliphatic heterocycles. The molecule has 0 aromatic carbocycles. The Bertz CT molecular complexity index is 542. The van der Waals surface area contributed by atoms with Gasteiger partial charge in [-0.05, 0) is 13.0 Å². The van der Waals surface area contributed by atoms with Gasteiger partial charge in [-0.2, -0.15) is 10.2 Å². The van der Waals surface area contributed by atoms with Crippen molar-refractivity contribution in [3.8, 4) is 0 Å². The van der Waals surface area contributed by atoms with Crippen molar-refractivity contribution in [1.82, 2.24) is 24.5 Å². The van der Waals surface area contributed by atoms with Crippen LogP contribution in [0.25, 0.3) is 0 Å². The van der Waals surface area contributed by atoms with E-state index in [1.54, 1.807) is 39.8 Å². The smallest absolute Gasteiger partial charge is 0.272 e. The monoisotopic (exact) mass is 247 g/mol. The van der Waals surface area contributed by atoms with E-state index in [0.29, 0.717) is 18.8 Å². The zero-order valence-corrected chi connectivity index (χ0v) is 10.9. The third-order valence-corrected chi connectivity index (χ3v) is 2.76. The molecule has 18 heavy (non-hydrogen) atoms. The number of nitrogens with zero attached hydrogens (tertiary/aromatic N) is 5. The fraction of sp³-hybridized carbons (Fsp3) is 0.417. The maximum absolute atomic E-state index is 12.2. The summed E-state index contributed by atoms with van der Waals surface area (Å²) in [7, 11) is 3.64. The van der Waals surface area contributed by atoms with Crippen molar-refractivity contribution >= 4 is 5.91 Å². The molecule has 0 N–H and O–H groups in total. The van der Waals surface area contributed by atoms with E-state index in [4.69, 9.17) is 0 Å². The van der Waals surface area contributed by atoms with Gasteiger partial charge in [-0.1, -0.05) is 0 Å². The molecule has 2 aromatic heterocycles. The van der Waals surface area contributed by atoms with Crippen LogP contribution >= 0.6 is 0 Å². The molecule has 0 bridgehead atoms. The Balaban J connectivity index is 2.09. The minimum atomic E-state index is -0.0294. The van der Waals surface area contributed by atoms with Crippen LogP contribution in [0.15, 0.2) is 24.7 Å². The van der Waals surface area contributed by atoms with Crippen molar-refractivity contribution < 1.29 is 4.79 Å². The van der Waals surface area contributed by atoms with Gasteiger partial charge in [0.25, 0.3) is 5.91 Å². The lowest BCUT2D eigenvalue weighted by molar-refractivity contribution is 0.0773. The minimum absolute atomic E-state index is 0.0294. The number of hydrogen-bond donors (Lipinski definition) is 0. The van der Waals surface area contributed by atoms with E-state index in [-0.39, 0.29) is 5.91 Å². The normalized spacial score (nSPS) is 10.6. The van der Waals surface area contributed by atoms with Crippen LogP contribution in [0.4, 0.5) is 0 Å². The summed E-state index contributed by atoms with van der Waals surface area (Å²) in [5, 5.41) is 8.19. The van der Waals surface area contributed by atoms with Gasteiger partial charge < -0.3 is 4.90 Å². The first-order valence-electron chi connectivity index (χ1n) is 5.86. The van der Waals surface area contributed by atoms with Crippen molar-refractivity contribution in [1.29, 1.82) is 0 Å². The number of amides is 1. The molecule has 6 nitrogen and oxygen atoms in total. The SMILES string of the molecule is CCn1nccc1C(=O)N(C)Cc1cnn(C)c1. The Hall–Kier alpha value is -2.11. The van der Waals surface area contributed by atoms with E-state index < -0.39 is 0 Å². The second-order valence-electron chi connectivity index (χ2n) is 4.22. The van der Waals surface area contributed by atoms with Crippen LogP contribution in [0, 0.1) is 0 Å².